The Morgan fingerprint density at radius 1 is 1.29 bits per heavy atom. The Kier molecular flexibility index (Phi) is 6.69. The van der Waals surface area contributed by atoms with E-state index in [1.54, 1.807) is 0 Å². The normalized spacial score (nSPS) is 14.2. The number of rotatable bonds is 7. The fraction of sp³-hybridized carbons (Fsp3) is 0.588. The van der Waals surface area contributed by atoms with E-state index >= 15 is 0 Å². The number of likely N-dealkylation sites (N-methyl/N-ethyl adjacent to an activating group) is 1. The first kappa shape index (κ1) is 17.5. The van der Waals surface area contributed by atoms with E-state index in [-0.39, 0.29) is 17.9 Å². The smallest absolute Gasteiger partial charge is 0.227 e. The Morgan fingerprint density at radius 3 is 2.48 bits per heavy atom. The highest BCUT2D eigenvalue weighted by Gasteiger charge is 2.20. The molecule has 1 aromatic carbocycles. The van der Waals surface area contributed by atoms with Gasteiger partial charge in [0.05, 0.1) is 5.92 Å². The zero-order valence-electron chi connectivity index (χ0n) is 13.9. The van der Waals surface area contributed by atoms with Gasteiger partial charge in [0.25, 0.3) is 0 Å². The fourth-order valence-corrected chi connectivity index (χ4v) is 2.49. The van der Waals surface area contributed by atoms with Gasteiger partial charge in [-0.05, 0) is 51.1 Å². The molecule has 0 fully saturated rings. The number of carbonyl (C=O) groups excluding carboxylic acids is 1. The number of nitrogens with two attached hydrogens (primary N) is 1. The number of nitrogens with one attached hydrogen (secondary N) is 1. The van der Waals surface area contributed by atoms with E-state index < -0.39 is 0 Å². The fourth-order valence-electron chi connectivity index (χ4n) is 2.49. The van der Waals surface area contributed by atoms with Crippen molar-refractivity contribution >= 4 is 11.6 Å². The lowest BCUT2D eigenvalue weighted by atomic mass is 9.98. The molecule has 4 heteroatoms. The third kappa shape index (κ3) is 6.17. The van der Waals surface area contributed by atoms with Gasteiger partial charge in [-0.3, -0.25) is 4.79 Å². The molecule has 0 saturated heterocycles. The molecule has 1 rings (SSSR count). The van der Waals surface area contributed by atoms with E-state index in [1.807, 2.05) is 45.3 Å². The van der Waals surface area contributed by atoms with Gasteiger partial charge in [0.15, 0.2) is 0 Å². The summed E-state index contributed by atoms with van der Waals surface area (Å²) < 4.78 is 0. The monoisotopic (exact) mass is 291 g/mol. The van der Waals surface area contributed by atoms with E-state index in [0.29, 0.717) is 11.6 Å². The van der Waals surface area contributed by atoms with Crippen molar-refractivity contribution in [1.29, 1.82) is 0 Å². The zero-order valence-corrected chi connectivity index (χ0v) is 13.9. The molecule has 0 spiro atoms. The van der Waals surface area contributed by atoms with E-state index in [9.17, 15) is 4.79 Å². The van der Waals surface area contributed by atoms with Crippen LogP contribution in [0.4, 0.5) is 5.69 Å². The molecule has 0 aliphatic heterocycles. The number of carbonyl (C=O) groups is 1. The number of benzene rings is 1. The second-order valence-electron chi connectivity index (χ2n) is 6.49. The summed E-state index contributed by atoms with van der Waals surface area (Å²) in [5, 5.41) is 3.18. The van der Waals surface area contributed by atoms with E-state index in [1.165, 1.54) is 0 Å². The molecule has 3 N–H and O–H groups in total. The molecule has 0 aliphatic rings. The van der Waals surface area contributed by atoms with Crippen molar-refractivity contribution in [2.45, 2.75) is 39.2 Å². The summed E-state index contributed by atoms with van der Waals surface area (Å²) in [6.45, 7) is 7.13. The van der Waals surface area contributed by atoms with Crippen molar-refractivity contribution in [3.05, 3.63) is 29.8 Å². The number of anilines is 1. The number of nitrogen functional groups attached to an aromatic ring is 1. The van der Waals surface area contributed by atoms with Crippen molar-refractivity contribution < 1.29 is 4.79 Å². The van der Waals surface area contributed by atoms with Gasteiger partial charge in [-0.1, -0.05) is 26.0 Å². The van der Waals surface area contributed by atoms with Gasteiger partial charge in [0.2, 0.25) is 5.91 Å². The maximum Gasteiger partial charge on any atom is 0.227 e. The second kappa shape index (κ2) is 8.03. The van der Waals surface area contributed by atoms with Crippen LogP contribution in [0.25, 0.3) is 0 Å². The molecule has 0 heterocycles. The van der Waals surface area contributed by atoms with Gasteiger partial charge in [-0.25, -0.2) is 0 Å². The molecule has 2 atom stereocenters. The maximum atomic E-state index is 12.5. The summed E-state index contributed by atoms with van der Waals surface area (Å²) >= 11 is 0. The van der Waals surface area contributed by atoms with Crippen LogP contribution < -0.4 is 11.1 Å². The lowest BCUT2D eigenvalue weighted by Crippen LogP contribution is -2.44. The molecule has 2 unspecified atom stereocenters. The highest BCUT2D eigenvalue weighted by atomic mass is 16.1. The third-order valence-corrected chi connectivity index (χ3v) is 3.49. The molecule has 0 aromatic heterocycles. The van der Waals surface area contributed by atoms with E-state index in [0.717, 1.165) is 18.5 Å². The van der Waals surface area contributed by atoms with Crippen molar-refractivity contribution in [3.63, 3.8) is 0 Å². The van der Waals surface area contributed by atoms with Gasteiger partial charge in [-0.2, -0.15) is 0 Å². The molecule has 21 heavy (non-hydrogen) atoms. The molecule has 118 valence electrons. The molecule has 0 aliphatic carbocycles. The highest BCUT2D eigenvalue weighted by Crippen LogP contribution is 2.18. The Hall–Kier alpha value is -1.55. The lowest BCUT2D eigenvalue weighted by Gasteiger charge is -2.25. The first-order valence-corrected chi connectivity index (χ1v) is 7.60. The summed E-state index contributed by atoms with van der Waals surface area (Å²) in [6.07, 6.45) is 0.980. The van der Waals surface area contributed by atoms with Crippen LogP contribution >= 0.6 is 0 Å². The lowest BCUT2D eigenvalue weighted by molar-refractivity contribution is -0.123. The Bertz CT molecular complexity index is 447. The van der Waals surface area contributed by atoms with Crippen LogP contribution in [0, 0.1) is 5.92 Å². The molecule has 0 radical (unpaired) electrons. The minimum Gasteiger partial charge on any atom is -0.399 e. The van der Waals surface area contributed by atoms with Crippen LogP contribution in [-0.2, 0) is 4.79 Å². The highest BCUT2D eigenvalue weighted by molar-refractivity contribution is 5.83. The van der Waals surface area contributed by atoms with Crippen molar-refractivity contribution in [3.8, 4) is 0 Å². The van der Waals surface area contributed by atoms with Gasteiger partial charge >= 0.3 is 0 Å². The Balaban J connectivity index is 2.71. The largest absolute Gasteiger partial charge is 0.399 e. The number of amides is 1. The summed E-state index contributed by atoms with van der Waals surface area (Å²) in [5.74, 6) is 0.427. The average molecular weight is 291 g/mol. The predicted octanol–water partition coefficient (Wildman–Crippen LogP) is 2.46. The second-order valence-corrected chi connectivity index (χ2v) is 6.49. The van der Waals surface area contributed by atoms with Crippen LogP contribution in [0.3, 0.4) is 0 Å². The van der Waals surface area contributed by atoms with Crippen LogP contribution in [0.15, 0.2) is 24.3 Å². The summed E-state index contributed by atoms with van der Waals surface area (Å²) in [6, 6.07) is 7.72. The van der Waals surface area contributed by atoms with Gasteiger partial charge in [0.1, 0.15) is 0 Å². The van der Waals surface area contributed by atoms with Gasteiger partial charge < -0.3 is 16.0 Å². The van der Waals surface area contributed by atoms with Crippen molar-refractivity contribution in [2.75, 3.05) is 26.4 Å². The first-order chi connectivity index (χ1) is 9.79. The molecule has 0 saturated carbocycles. The minimum atomic E-state index is -0.190. The Labute approximate surface area is 128 Å². The predicted molar refractivity (Wildman–Crippen MR) is 89.2 cm³/mol. The third-order valence-electron chi connectivity index (χ3n) is 3.49. The van der Waals surface area contributed by atoms with Crippen LogP contribution in [0.5, 0.6) is 0 Å². The van der Waals surface area contributed by atoms with Crippen LogP contribution in [-0.4, -0.2) is 37.5 Å². The summed E-state index contributed by atoms with van der Waals surface area (Å²) in [7, 11) is 4.06. The molecular formula is C17H29N3O. The molecule has 4 nitrogen and oxygen atoms in total. The summed E-state index contributed by atoms with van der Waals surface area (Å²) in [4.78, 5) is 14.6. The van der Waals surface area contributed by atoms with Crippen LogP contribution in [0.1, 0.15) is 38.7 Å². The number of hydrogen-bond donors (Lipinski definition) is 2. The molecule has 1 amide bonds. The van der Waals surface area contributed by atoms with Gasteiger partial charge in [-0.15, -0.1) is 0 Å². The number of hydrogen-bond acceptors (Lipinski definition) is 3. The van der Waals surface area contributed by atoms with Crippen LogP contribution in [0.2, 0.25) is 0 Å². The van der Waals surface area contributed by atoms with Crippen molar-refractivity contribution in [1.82, 2.24) is 10.2 Å². The first-order valence-electron chi connectivity index (χ1n) is 7.60. The maximum absolute atomic E-state index is 12.5. The quantitative estimate of drug-likeness (QED) is 0.759. The molecular weight excluding hydrogens is 262 g/mol. The average Bonchev–Trinajstić information content (AvgIpc) is 2.36. The Morgan fingerprint density at radius 2 is 1.95 bits per heavy atom. The van der Waals surface area contributed by atoms with E-state index in [4.69, 9.17) is 5.73 Å². The SMILES string of the molecule is CC(C)CC(CN(C)C)NC(=O)C(C)c1cccc(N)c1. The van der Waals surface area contributed by atoms with Gasteiger partial charge in [0, 0.05) is 18.3 Å². The van der Waals surface area contributed by atoms with E-state index in [2.05, 4.69) is 24.1 Å². The molecule has 1 aromatic rings. The number of nitrogens with zero attached hydrogens (tertiary/aromatic N) is 1. The van der Waals surface area contributed by atoms with Crippen molar-refractivity contribution in [2.24, 2.45) is 5.92 Å². The minimum absolute atomic E-state index is 0.0631. The zero-order chi connectivity index (χ0) is 16.0. The standard InChI is InChI=1S/C17H29N3O/c1-12(2)9-16(11-20(4)5)19-17(21)13(3)14-7-6-8-15(18)10-14/h6-8,10,12-13,16H,9,11,18H2,1-5H3,(H,19,21). The topological polar surface area (TPSA) is 58.4 Å². The summed E-state index contributed by atoms with van der Waals surface area (Å²) in [5.41, 5.74) is 7.44. The molecule has 0 bridgehead atoms.